The van der Waals surface area contributed by atoms with Gasteiger partial charge >= 0.3 is 0 Å². The second kappa shape index (κ2) is 8.59. The Bertz CT molecular complexity index is 328. The zero-order valence-electron chi connectivity index (χ0n) is 17.1. The van der Waals surface area contributed by atoms with Gasteiger partial charge in [-0.3, -0.25) is 0 Å². The summed E-state index contributed by atoms with van der Waals surface area (Å²) in [6.07, 6.45) is 18.5. The Balaban J connectivity index is 1.35. The lowest BCUT2D eigenvalue weighted by Gasteiger charge is -2.38. The van der Waals surface area contributed by atoms with Gasteiger partial charge in [0.15, 0.2) is 0 Å². The SMILES string of the molecule is CC1CCC(CC2CCC(CC3CCC(C)C(C)C3)CC2)CC1C. The lowest BCUT2D eigenvalue weighted by atomic mass is 9.68. The molecular formula is C24H44. The maximum atomic E-state index is 2.50. The van der Waals surface area contributed by atoms with E-state index in [9.17, 15) is 0 Å². The van der Waals surface area contributed by atoms with Crippen molar-refractivity contribution in [1.82, 2.24) is 0 Å². The fourth-order valence-corrected chi connectivity index (χ4v) is 6.39. The van der Waals surface area contributed by atoms with Crippen LogP contribution in [0.3, 0.4) is 0 Å². The predicted molar refractivity (Wildman–Crippen MR) is 106 cm³/mol. The summed E-state index contributed by atoms with van der Waals surface area (Å²) in [5, 5.41) is 0. The van der Waals surface area contributed by atoms with Crippen LogP contribution in [0, 0.1) is 47.3 Å². The van der Waals surface area contributed by atoms with Gasteiger partial charge < -0.3 is 0 Å². The largest absolute Gasteiger partial charge is 0.0623 e. The van der Waals surface area contributed by atoms with Gasteiger partial charge in [0.25, 0.3) is 0 Å². The first kappa shape index (κ1) is 18.8. The molecule has 6 atom stereocenters. The minimum Gasteiger partial charge on any atom is -0.0623 e. The minimum absolute atomic E-state index is 0.982. The third-order valence-electron chi connectivity index (χ3n) is 8.71. The Kier molecular flexibility index (Phi) is 6.72. The second-order valence-corrected chi connectivity index (χ2v) is 10.6. The maximum absolute atomic E-state index is 2.50. The molecule has 0 radical (unpaired) electrons. The number of rotatable bonds is 4. The van der Waals surface area contributed by atoms with Gasteiger partial charge in [-0.1, -0.05) is 79.1 Å². The standard InChI is InChI=1S/C24H44/c1-17-5-7-23(13-19(17)3)15-21-9-11-22(12-10-21)16-24-8-6-18(2)20(4)14-24/h17-24H,5-16H2,1-4H3. The number of hydrogen-bond donors (Lipinski definition) is 0. The fourth-order valence-electron chi connectivity index (χ4n) is 6.39. The average molecular weight is 333 g/mol. The molecule has 0 heteroatoms. The molecular weight excluding hydrogens is 288 g/mol. The summed E-state index contributed by atoms with van der Waals surface area (Å²) in [6.45, 7) is 9.94. The van der Waals surface area contributed by atoms with Crippen LogP contribution in [0.25, 0.3) is 0 Å². The van der Waals surface area contributed by atoms with Gasteiger partial charge in [0, 0.05) is 0 Å². The van der Waals surface area contributed by atoms with Crippen molar-refractivity contribution < 1.29 is 0 Å². The molecule has 0 N–H and O–H groups in total. The van der Waals surface area contributed by atoms with Crippen LogP contribution in [-0.2, 0) is 0 Å². The second-order valence-electron chi connectivity index (χ2n) is 10.6. The highest BCUT2D eigenvalue weighted by atomic mass is 14.4. The maximum Gasteiger partial charge on any atom is -0.0409 e. The molecule has 0 nitrogen and oxygen atoms in total. The van der Waals surface area contributed by atoms with Gasteiger partial charge in [-0.25, -0.2) is 0 Å². The van der Waals surface area contributed by atoms with Crippen molar-refractivity contribution in [1.29, 1.82) is 0 Å². The van der Waals surface area contributed by atoms with Crippen LogP contribution >= 0.6 is 0 Å². The van der Waals surface area contributed by atoms with Crippen LogP contribution in [-0.4, -0.2) is 0 Å². The van der Waals surface area contributed by atoms with Crippen molar-refractivity contribution >= 4 is 0 Å². The monoisotopic (exact) mass is 332 g/mol. The molecule has 0 heterocycles. The van der Waals surface area contributed by atoms with Crippen LogP contribution in [0.15, 0.2) is 0 Å². The van der Waals surface area contributed by atoms with E-state index < -0.39 is 0 Å². The van der Waals surface area contributed by atoms with E-state index in [1.807, 2.05) is 0 Å². The van der Waals surface area contributed by atoms with Crippen LogP contribution in [0.4, 0.5) is 0 Å². The van der Waals surface area contributed by atoms with E-state index in [1.165, 1.54) is 38.5 Å². The summed E-state index contributed by atoms with van der Waals surface area (Å²) >= 11 is 0. The quantitative estimate of drug-likeness (QED) is 0.494. The molecule has 0 amide bonds. The highest BCUT2D eigenvalue weighted by Crippen LogP contribution is 2.43. The molecule has 140 valence electrons. The van der Waals surface area contributed by atoms with Crippen molar-refractivity contribution in [3.8, 4) is 0 Å². The zero-order chi connectivity index (χ0) is 17.1. The molecule has 6 unspecified atom stereocenters. The van der Waals surface area contributed by atoms with Crippen LogP contribution in [0.2, 0.25) is 0 Å². The molecule has 0 aliphatic heterocycles. The van der Waals surface area contributed by atoms with Gasteiger partial charge in [-0.15, -0.1) is 0 Å². The summed E-state index contributed by atoms with van der Waals surface area (Å²) in [4.78, 5) is 0. The van der Waals surface area contributed by atoms with Crippen molar-refractivity contribution in [3.05, 3.63) is 0 Å². The molecule has 0 aromatic carbocycles. The topological polar surface area (TPSA) is 0 Å². The molecule has 3 aliphatic carbocycles. The Morgan fingerprint density at radius 1 is 0.417 bits per heavy atom. The average Bonchev–Trinajstić information content (AvgIpc) is 2.56. The highest BCUT2D eigenvalue weighted by Gasteiger charge is 2.31. The molecule has 3 saturated carbocycles. The van der Waals surface area contributed by atoms with Gasteiger partial charge in [0.1, 0.15) is 0 Å². The minimum atomic E-state index is 0.982. The van der Waals surface area contributed by atoms with E-state index in [0.29, 0.717) is 0 Å². The summed E-state index contributed by atoms with van der Waals surface area (Å²) < 4.78 is 0. The van der Waals surface area contributed by atoms with E-state index in [1.54, 1.807) is 38.5 Å². The molecule has 0 aromatic heterocycles. The molecule has 0 aromatic rings. The number of hydrogen-bond acceptors (Lipinski definition) is 0. The lowest BCUT2D eigenvalue weighted by molar-refractivity contribution is 0.137. The Morgan fingerprint density at radius 2 is 0.750 bits per heavy atom. The van der Waals surface area contributed by atoms with E-state index in [0.717, 1.165) is 47.3 Å². The molecule has 3 rings (SSSR count). The molecule has 0 bridgehead atoms. The zero-order valence-corrected chi connectivity index (χ0v) is 17.1. The van der Waals surface area contributed by atoms with Gasteiger partial charge in [0.2, 0.25) is 0 Å². The Hall–Kier alpha value is 0. The first-order valence-electron chi connectivity index (χ1n) is 11.5. The van der Waals surface area contributed by atoms with Crippen molar-refractivity contribution in [2.24, 2.45) is 47.3 Å². The van der Waals surface area contributed by atoms with E-state index >= 15 is 0 Å². The van der Waals surface area contributed by atoms with Crippen molar-refractivity contribution in [2.45, 2.75) is 105 Å². The first-order valence-corrected chi connectivity index (χ1v) is 11.5. The third kappa shape index (κ3) is 5.01. The summed E-state index contributed by atoms with van der Waals surface area (Å²) in [5.41, 5.74) is 0. The first-order chi connectivity index (χ1) is 11.5. The Morgan fingerprint density at radius 3 is 1.08 bits per heavy atom. The van der Waals surface area contributed by atoms with Gasteiger partial charge in [-0.2, -0.15) is 0 Å². The van der Waals surface area contributed by atoms with Gasteiger partial charge in [0.05, 0.1) is 0 Å². The molecule has 3 fully saturated rings. The van der Waals surface area contributed by atoms with Crippen LogP contribution < -0.4 is 0 Å². The van der Waals surface area contributed by atoms with E-state index in [4.69, 9.17) is 0 Å². The lowest BCUT2D eigenvalue weighted by Crippen LogP contribution is -2.26. The Labute approximate surface area is 152 Å². The summed E-state index contributed by atoms with van der Waals surface area (Å²) in [5.74, 6) is 8.23. The van der Waals surface area contributed by atoms with E-state index in [-0.39, 0.29) is 0 Å². The predicted octanol–water partition coefficient (Wildman–Crippen LogP) is 7.72. The summed E-state index contributed by atoms with van der Waals surface area (Å²) in [7, 11) is 0. The molecule has 3 aliphatic rings. The van der Waals surface area contributed by atoms with Crippen molar-refractivity contribution in [2.75, 3.05) is 0 Å². The highest BCUT2D eigenvalue weighted by molar-refractivity contribution is 4.82. The van der Waals surface area contributed by atoms with E-state index in [2.05, 4.69) is 27.7 Å². The van der Waals surface area contributed by atoms with Crippen LogP contribution in [0.1, 0.15) is 105 Å². The fraction of sp³-hybridized carbons (Fsp3) is 1.00. The molecule has 0 saturated heterocycles. The van der Waals surface area contributed by atoms with Gasteiger partial charge in [-0.05, 0) is 73.0 Å². The smallest absolute Gasteiger partial charge is 0.0409 e. The third-order valence-corrected chi connectivity index (χ3v) is 8.71. The summed E-state index contributed by atoms with van der Waals surface area (Å²) in [6, 6.07) is 0. The molecule has 0 spiro atoms. The van der Waals surface area contributed by atoms with Crippen molar-refractivity contribution in [3.63, 3.8) is 0 Å². The van der Waals surface area contributed by atoms with Crippen LogP contribution in [0.5, 0.6) is 0 Å². The normalized spacial score (nSPS) is 47.5. The molecule has 24 heavy (non-hydrogen) atoms.